The van der Waals surface area contributed by atoms with Crippen LogP contribution in [-0.4, -0.2) is 91.0 Å². The number of benzene rings is 2. The predicted molar refractivity (Wildman–Crippen MR) is 132 cm³/mol. The fourth-order valence-corrected chi connectivity index (χ4v) is 2.73. The molecule has 2 aromatic carbocycles. The molecule has 2 aromatic rings. The van der Waals surface area contributed by atoms with Crippen LogP contribution in [0.5, 0.6) is 5.75 Å². The minimum atomic E-state index is -0.894. The van der Waals surface area contributed by atoms with Crippen molar-refractivity contribution in [1.29, 1.82) is 0 Å². The Labute approximate surface area is 211 Å². The highest BCUT2D eigenvalue weighted by Crippen LogP contribution is 2.12. The van der Waals surface area contributed by atoms with Crippen LogP contribution in [0.25, 0.3) is 0 Å². The zero-order valence-electron chi connectivity index (χ0n) is 20.4. The lowest BCUT2D eigenvalue weighted by Crippen LogP contribution is -2.20. The predicted octanol–water partition coefficient (Wildman–Crippen LogP) is 2.16. The molecule has 0 unspecified atom stereocenters. The molecule has 0 amide bonds. The van der Waals surface area contributed by atoms with Gasteiger partial charge in [-0.3, -0.25) is 4.79 Å². The number of carbonyl (C=O) groups excluding carboxylic acids is 2. The summed E-state index contributed by atoms with van der Waals surface area (Å²) in [6, 6.07) is 15.5. The first-order chi connectivity index (χ1) is 17.7. The van der Waals surface area contributed by atoms with Crippen LogP contribution in [0.1, 0.15) is 10.4 Å². The molecule has 2 N–H and O–H groups in total. The van der Waals surface area contributed by atoms with Crippen LogP contribution in [0.15, 0.2) is 54.6 Å². The number of nitrogens with two attached hydrogens (primary N) is 1. The first-order valence-corrected chi connectivity index (χ1v) is 11.8. The van der Waals surface area contributed by atoms with Gasteiger partial charge in [-0.15, -0.1) is 0 Å². The Hall–Kier alpha value is -3.02. The molecule has 0 fully saturated rings. The summed E-state index contributed by atoms with van der Waals surface area (Å²) in [5.74, 6) is -0.808. The number of anilines is 1. The van der Waals surface area contributed by atoms with E-state index in [0.29, 0.717) is 77.3 Å². The van der Waals surface area contributed by atoms with E-state index in [0.717, 1.165) is 5.75 Å². The molecule has 0 atom stereocenters. The third kappa shape index (κ3) is 13.8. The number of esters is 1. The summed E-state index contributed by atoms with van der Waals surface area (Å²) in [7, 11) is 0. The molecule has 2 rings (SSSR count). The van der Waals surface area contributed by atoms with Gasteiger partial charge in [0.15, 0.2) is 0 Å². The van der Waals surface area contributed by atoms with Gasteiger partial charge in [0.25, 0.3) is 5.78 Å². The van der Waals surface area contributed by atoms with Crippen molar-refractivity contribution in [3.05, 3.63) is 60.2 Å². The fraction of sp³-hybridized carbons (Fsp3) is 0.462. The smallest absolute Gasteiger partial charge is 0.379 e. The SMILES string of the molecule is Nc1ccc(OCCOCCOCCOCCOCCOCCOC(=O)C(=O)c2ccccc2)cc1. The van der Waals surface area contributed by atoms with Gasteiger partial charge in [0.1, 0.15) is 19.0 Å². The summed E-state index contributed by atoms with van der Waals surface area (Å²) < 4.78 is 37.4. The zero-order valence-corrected chi connectivity index (χ0v) is 20.4. The number of ketones is 1. The third-order valence-electron chi connectivity index (χ3n) is 4.55. The zero-order chi connectivity index (χ0) is 25.7. The first-order valence-electron chi connectivity index (χ1n) is 11.8. The van der Waals surface area contributed by atoms with Crippen molar-refractivity contribution < 1.29 is 42.7 Å². The molecule has 0 aliphatic carbocycles. The van der Waals surface area contributed by atoms with Crippen molar-refractivity contribution >= 4 is 17.4 Å². The number of hydrogen-bond acceptors (Lipinski definition) is 10. The van der Waals surface area contributed by atoms with Gasteiger partial charge >= 0.3 is 5.97 Å². The van der Waals surface area contributed by atoms with Gasteiger partial charge in [-0.25, -0.2) is 4.79 Å². The number of ether oxygens (including phenoxy) is 7. The summed E-state index contributed by atoms with van der Waals surface area (Å²) in [5.41, 5.74) is 6.62. The van der Waals surface area contributed by atoms with Crippen LogP contribution < -0.4 is 10.5 Å². The van der Waals surface area contributed by atoms with Gasteiger partial charge in [-0.1, -0.05) is 30.3 Å². The van der Waals surface area contributed by atoms with Gasteiger partial charge < -0.3 is 38.9 Å². The monoisotopic (exact) mass is 505 g/mol. The molecule has 0 saturated carbocycles. The largest absolute Gasteiger partial charge is 0.491 e. The van der Waals surface area contributed by atoms with E-state index in [-0.39, 0.29) is 13.2 Å². The summed E-state index contributed by atoms with van der Waals surface area (Å²) in [6.45, 7) is 4.63. The molecule has 10 heteroatoms. The molecular weight excluding hydrogens is 470 g/mol. The van der Waals surface area contributed by atoms with Gasteiger partial charge in [-0.05, 0) is 24.3 Å². The lowest BCUT2D eigenvalue weighted by atomic mass is 10.1. The van der Waals surface area contributed by atoms with Crippen LogP contribution in [0.4, 0.5) is 5.69 Å². The molecule has 36 heavy (non-hydrogen) atoms. The van der Waals surface area contributed by atoms with E-state index < -0.39 is 11.8 Å². The van der Waals surface area contributed by atoms with Crippen LogP contribution in [-0.2, 0) is 33.2 Å². The molecule has 198 valence electrons. The van der Waals surface area contributed by atoms with E-state index in [9.17, 15) is 9.59 Å². The molecule has 10 nitrogen and oxygen atoms in total. The fourth-order valence-electron chi connectivity index (χ4n) is 2.73. The van der Waals surface area contributed by atoms with Gasteiger partial charge in [0.05, 0.1) is 66.1 Å². The van der Waals surface area contributed by atoms with Gasteiger partial charge in [-0.2, -0.15) is 0 Å². The first kappa shape index (κ1) is 29.2. The van der Waals surface area contributed by atoms with Crippen molar-refractivity contribution in [3.8, 4) is 5.75 Å². The number of carbonyl (C=O) groups is 2. The van der Waals surface area contributed by atoms with Crippen molar-refractivity contribution in [1.82, 2.24) is 0 Å². The molecular formula is C26H35NO9. The highest BCUT2D eigenvalue weighted by atomic mass is 16.6. The lowest BCUT2D eigenvalue weighted by molar-refractivity contribution is -0.139. The van der Waals surface area contributed by atoms with Crippen LogP contribution in [0.3, 0.4) is 0 Å². The second-order valence-electron chi connectivity index (χ2n) is 7.31. The average Bonchev–Trinajstić information content (AvgIpc) is 2.91. The molecule has 0 aromatic heterocycles. The summed E-state index contributed by atoms with van der Waals surface area (Å²) >= 11 is 0. The van der Waals surface area contributed by atoms with Crippen LogP contribution in [0.2, 0.25) is 0 Å². The van der Waals surface area contributed by atoms with Gasteiger partial charge in [0, 0.05) is 11.3 Å². The Morgan fingerprint density at radius 2 is 1.00 bits per heavy atom. The summed E-state index contributed by atoms with van der Waals surface area (Å²) in [6.07, 6.45) is 0. The van der Waals surface area contributed by atoms with E-state index in [1.807, 2.05) is 12.1 Å². The number of nitrogen functional groups attached to an aromatic ring is 1. The quantitative estimate of drug-likeness (QED) is 0.0887. The highest BCUT2D eigenvalue weighted by Gasteiger charge is 2.17. The lowest BCUT2D eigenvalue weighted by Gasteiger charge is -2.09. The summed E-state index contributed by atoms with van der Waals surface area (Å²) in [4.78, 5) is 23.5. The number of hydrogen-bond donors (Lipinski definition) is 1. The van der Waals surface area contributed by atoms with Crippen LogP contribution >= 0.6 is 0 Å². The maximum Gasteiger partial charge on any atom is 0.379 e. The second-order valence-corrected chi connectivity index (χ2v) is 7.31. The molecule has 0 bridgehead atoms. The van der Waals surface area contributed by atoms with Crippen molar-refractivity contribution in [3.63, 3.8) is 0 Å². The Morgan fingerprint density at radius 1 is 0.556 bits per heavy atom. The van der Waals surface area contributed by atoms with Crippen LogP contribution in [0, 0.1) is 0 Å². The number of Topliss-reactive ketones (excluding diaryl/α,β-unsaturated/α-hetero) is 1. The highest BCUT2D eigenvalue weighted by molar-refractivity contribution is 6.40. The topological polar surface area (TPSA) is 125 Å². The van der Waals surface area contributed by atoms with Gasteiger partial charge in [0.2, 0.25) is 0 Å². The third-order valence-corrected chi connectivity index (χ3v) is 4.55. The molecule has 0 radical (unpaired) electrons. The number of rotatable bonds is 21. The maximum atomic E-state index is 11.8. The van der Waals surface area contributed by atoms with E-state index in [4.69, 9.17) is 38.9 Å². The van der Waals surface area contributed by atoms with E-state index in [1.165, 1.54) is 0 Å². The maximum absolute atomic E-state index is 11.8. The van der Waals surface area contributed by atoms with E-state index >= 15 is 0 Å². The molecule has 0 aliphatic rings. The Kier molecular flexibility index (Phi) is 15.6. The van der Waals surface area contributed by atoms with E-state index in [1.54, 1.807) is 42.5 Å². The molecule has 0 heterocycles. The van der Waals surface area contributed by atoms with Crippen molar-refractivity contribution in [2.75, 3.05) is 85.0 Å². The Bertz CT molecular complexity index is 846. The molecule has 0 spiro atoms. The normalized spacial score (nSPS) is 10.8. The minimum absolute atomic E-state index is 0.00293. The van der Waals surface area contributed by atoms with E-state index in [2.05, 4.69) is 0 Å². The minimum Gasteiger partial charge on any atom is -0.491 e. The average molecular weight is 506 g/mol. The summed E-state index contributed by atoms with van der Waals surface area (Å²) in [5, 5.41) is 0. The van der Waals surface area contributed by atoms with Crippen molar-refractivity contribution in [2.45, 2.75) is 0 Å². The second kappa shape index (κ2) is 19.2. The van der Waals surface area contributed by atoms with Crippen molar-refractivity contribution in [2.24, 2.45) is 0 Å². The molecule has 0 saturated heterocycles. The standard InChI is InChI=1S/C26H35NO9/c27-23-6-8-24(9-7-23)35-20-18-33-16-14-31-12-10-30-11-13-32-15-17-34-19-21-36-26(29)25(28)22-4-2-1-3-5-22/h1-9H,10-21,27H2. The molecule has 0 aliphatic heterocycles. The Morgan fingerprint density at radius 3 is 1.50 bits per heavy atom. The Balaban J connectivity index is 1.26.